The third-order valence-corrected chi connectivity index (χ3v) is 7.18. The highest BCUT2D eigenvalue weighted by Gasteiger charge is 2.20. The fourth-order valence-electron chi connectivity index (χ4n) is 5.31. The molecule has 36 heavy (non-hydrogen) atoms. The quantitative estimate of drug-likeness (QED) is 0.391. The number of likely N-dealkylation sites (tertiary alicyclic amines) is 2. The van der Waals surface area contributed by atoms with Gasteiger partial charge in [0.25, 0.3) is 0 Å². The van der Waals surface area contributed by atoms with E-state index in [4.69, 9.17) is 13.9 Å². The van der Waals surface area contributed by atoms with E-state index in [1.54, 1.807) is 36.4 Å². The van der Waals surface area contributed by atoms with Gasteiger partial charge in [-0.2, -0.15) is 0 Å². The molecule has 0 aliphatic carbocycles. The van der Waals surface area contributed by atoms with E-state index < -0.39 is 0 Å². The standard InChI is InChI=1S/C28H34N2O5.ClH/c1-19-5-3-11-29(15-19)17-33-27(31)21-7-9-25-23(13-21)24-14-22(8-10-26(24)35-25)28(32)34-18-30-12-4-6-20(2)16-30;/h7-10,13-14,19-20H,3-6,11-12,15-18H2,1-2H3;1H. The maximum atomic E-state index is 12.7. The molecule has 5 rings (SSSR count). The third kappa shape index (κ3) is 6.02. The number of rotatable bonds is 6. The van der Waals surface area contributed by atoms with Crippen LogP contribution in [0.25, 0.3) is 21.9 Å². The summed E-state index contributed by atoms with van der Waals surface area (Å²) < 4.78 is 17.1. The molecule has 3 heterocycles. The maximum absolute atomic E-state index is 12.7. The smallest absolute Gasteiger partial charge is 0.339 e. The Labute approximate surface area is 218 Å². The largest absolute Gasteiger partial charge is 0.456 e. The van der Waals surface area contributed by atoms with Gasteiger partial charge in [-0.05, 0) is 73.9 Å². The van der Waals surface area contributed by atoms with Crippen molar-refractivity contribution in [1.82, 2.24) is 9.80 Å². The van der Waals surface area contributed by atoms with Gasteiger partial charge in [0.2, 0.25) is 0 Å². The Morgan fingerprint density at radius 1 is 0.806 bits per heavy atom. The van der Waals surface area contributed by atoms with Crippen LogP contribution in [0.1, 0.15) is 60.2 Å². The summed E-state index contributed by atoms with van der Waals surface area (Å²) in [6, 6.07) is 10.6. The summed E-state index contributed by atoms with van der Waals surface area (Å²) in [5, 5.41) is 1.56. The second-order valence-electron chi connectivity index (χ2n) is 10.3. The van der Waals surface area contributed by atoms with Gasteiger partial charge in [0, 0.05) is 37.0 Å². The van der Waals surface area contributed by atoms with Crippen molar-refractivity contribution in [1.29, 1.82) is 0 Å². The molecule has 2 atom stereocenters. The number of nitrogens with zero attached hydrogens (tertiary/aromatic N) is 2. The number of piperidine rings is 2. The van der Waals surface area contributed by atoms with Gasteiger partial charge >= 0.3 is 11.9 Å². The number of carbonyl (C=O) groups excluding carboxylic acids is 2. The summed E-state index contributed by atoms with van der Waals surface area (Å²) >= 11 is 0. The molecule has 2 unspecified atom stereocenters. The van der Waals surface area contributed by atoms with Crippen molar-refractivity contribution in [3.05, 3.63) is 47.5 Å². The van der Waals surface area contributed by atoms with Gasteiger partial charge < -0.3 is 13.9 Å². The summed E-state index contributed by atoms with van der Waals surface area (Å²) in [7, 11) is 0. The van der Waals surface area contributed by atoms with E-state index >= 15 is 0 Å². The number of hydrogen-bond acceptors (Lipinski definition) is 7. The topological polar surface area (TPSA) is 72.2 Å². The Kier molecular flexibility index (Phi) is 8.54. The molecule has 0 radical (unpaired) electrons. The number of halogens is 1. The number of hydrogen-bond donors (Lipinski definition) is 0. The molecular formula is C28H35ClN2O5. The SMILES string of the molecule is CC1CCCN(COC(=O)c2ccc3oc4ccc(C(=O)OCN5CCCC(C)C5)cc4c3c2)C1.Cl. The summed E-state index contributed by atoms with van der Waals surface area (Å²) in [5.74, 6) is 0.539. The third-order valence-electron chi connectivity index (χ3n) is 7.18. The molecule has 0 saturated carbocycles. The van der Waals surface area contributed by atoms with E-state index in [0.29, 0.717) is 47.6 Å². The Hall–Kier alpha value is -2.61. The average Bonchev–Trinajstić information content (AvgIpc) is 3.23. The summed E-state index contributed by atoms with van der Waals surface area (Å²) in [6.45, 7) is 8.88. The maximum Gasteiger partial charge on any atom is 0.339 e. The van der Waals surface area contributed by atoms with Gasteiger partial charge in [-0.25, -0.2) is 9.59 Å². The van der Waals surface area contributed by atoms with Gasteiger partial charge in [-0.3, -0.25) is 9.80 Å². The van der Waals surface area contributed by atoms with E-state index in [1.165, 1.54) is 12.8 Å². The fraction of sp³-hybridized carbons (Fsp3) is 0.500. The highest BCUT2D eigenvalue weighted by atomic mass is 35.5. The molecule has 2 aliphatic rings. The molecule has 2 saturated heterocycles. The normalized spacial score (nSPS) is 21.3. The number of benzene rings is 2. The minimum absolute atomic E-state index is 0. The fourth-order valence-corrected chi connectivity index (χ4v) is 5.31. The first-order chi connectivity index (χ1) is 17.0. The predicted octanol–water partition coefficient (Wildman–Crippen LogP) is 5.70. The zero-order valence-electron chi connectivity index (χ0n) is 21.0. The summed E-state index contributed by atoms with van der Waals surface area (Å²) in [6.07, 6.45) is 4.71. The van der Waals surface area contributed by atoms with E-state index in [9.17, 15) is 9.59 Å². The highest BCUT2D eigenvalue weighted by molar-refractivity contribution is 6.09. The van der Waals surface area contributed by atoms with Gasteiger partial charge in [0.15, 0.2) is 0 Å². The summed E-state index contributed by atoms with van der Waals surface area (Å²) in [4.78, 5) is 29.9. The predicted molar refractivity (Wildman–Crippen MR) is 141 cm³/mol. The Balaban J connectivity index is 0.00000304. The second-order valence-corrected chi connectivity index (χ2v) is 10.3. The van der Waals surface area contributed by atoms with Crippen LogP contribution in [0.4, 0.5) is 0 Å². The van der Waals surface area contributed by atoms with Crippen LogP contribution in [0.2, 0.25) is 0 Å². The van der Waals surface area contributed by atoms with Crippen molar-refractivity contribution in [2.75, 3.05) is 39.6 Å². The monoisotopic (exact) mass is 514 g/mol. The minimum Gasteiger partial charge on any atom is -0.456 e. The Bertz CT molecular complexity index is 1130. The molecule has 8 heteroatoms. The van der Waals surface area contributed by atoms with Gasteiger partial charge in [0.1, 0.15) is 24.6 Å². The van der Waals surface area contributed by atoms with Crippen molar-refractivity contribution in [2.24, 2.45) is 11.8 Å². The van der Waals surface area contributed by atoms with Gasteiger partial charge in [-0.15, -0.1) is 12.4 Å². The van der Waals surface area contributed by atoms with E-state index in [2.05, 4.69) is 23.6 Å². The van der Waals surface area contributed by atoms with Gasteiger partial charge in [-0.1, -0.05) is 13.8 Å². The van der Waals surface area contributed by atoms with Crippen molar-refractivity contribution in [2.45, 2.75) is 39.5 Å². The van der Waals surface area contributed by atoms with Crippen molar-refractivity contribution < 1.29 is 23.5 Å². The highest BCUT2D eigenvalue weighted by Crippen LogP contribution is 2.31. The number of esters is 2. The molecule has 1 aromatic heterocycles. The van der Waals surface area contributed by atoms with Crippen LogP contribution in [0.5, 0.6) is 0 Å². The lowest BCUT2D eigenvalue weighted by Crippen LogP contribution is -2.36. The molecule has 3 aromatic rings. The number of ether oxygens (including phenoxy) is 2. The number of fused-ring (bicyclic) bond motifs is 3. The minimum atomic E-state index is -0.356. The molecule has 2 aliphatic heterocycles. The van der Waals surface area contributed by atoms with Crippen LogP contribution in [0, 0.1) is 11.8 Å². The van der Waals surface area contributed by atoms with Crippen LogP contribution in [-0.4, -0.2) is 61.4 Å². The summed E-state index contributed by atoms with van der Waals surface area (Å²) in [5.41, 5.74) is 2.26. The molecule has 0 bridgehead atoms. The van der Waals surface area contributed by atoms with Crippen LogP contribution in [-0.2, 0) is 9.47 Å². The van der Waals surface area contributed by atoms with E-state index in [1.807, 2.05) is 0 Å². The van der Waals surface area contributed by atoms with Crippen molar-refractivity contribution in [3.8, 4) is 0 Å². The van der Waals surface area contributed by atoms with Crippen LogP contribution in [0.15, 0.2) is 40.8 Å². The molecule has 7 nitrogen and oxygen atoms in total. The zero-order chi connectivity index (χ0) is 24.4. The van der Waals surface area contributed by atoms with Crippen LogP contribution >= 0.6 is 12.4 Å². The lowest BCUT2D eigenvalue weighted by atomic mass is 10.0. The molecule has 194 valence electrons. The van der Waals surface area contributed by atoms with Crippen molar-refractivity contribution in [3.63, 3.8) is 0 Å². The molecule has 2 fully saturated rings. The first kappa shape index (κ1) is 26.5. The Morgan fingerprint density at radius 2 is 1.25 bits per heavy atom. The molecule has 0 spiro atoms. The second kappa shape index (κ2) is 11.6. The van der Waals surface area contributed by atoms with E-state index in [0.717, 1.165) is 49.8 Å². The van der Waals surface area contributed by atoms with Crippen LogP contribution in [0.3, 0.4) is 0 Å². The van der Waals surface area contributed by atoms with Crippen LogP contribution < -0.4 is 0 Å². The van der Waals surface area contributed by atoms with E-state index in [-0.39, 0.29) is 24.3 Å². The average molecular weight is 515 g/mol. The molecular weight excluding hydrogens is 480 g/mol. The first-order valence-electron chi connectivity index (χ1n) is 12.7. The zero-order valence-corrected chi connectivity index (χ0v) is 21.9. The molecule has 0 N–H and O–H groups in total. The number of carbonyl (C=O) groups is 2. The molecule has 0 amide bonds. The number of furan rings is 1. The lowest BCUT2D eigenvalue weighted by Gasteiger charge is -2.30. The first-order valence-corrected chi connectivity index (χ1v) is 12.7. The lowest BCUT2D eigenvalue weighted by molar-refractivity contribution is 0.0109. The Morgan fingerprint density at radius 3 is 1.67 bits per heavy atom. The van der Waals surface area contributed by atoms with Gasteiger partial charge in [0.05, 0.1) is 11.1 Å². The molecule has 2 aromatic carbocycles. The van der Waals surface area contributed by atoms with Crippen molar-refractivity contribution >= 4 is 46.3 Å².